The Morgan fingerprint density at radius 3 is 2.70 bits per heavy atom. The first-order valence-electron chi connectivity index (χ1n) is 8.07. The van der Waals surface area contributed by atoms with Gasteiger partial charge in [0.2, 0.25) is 0 Å². The summed E-state index contributed by atoms with van der Waals surface area (Å²) in [5.41, 5.74) is 4.86. The van der Waals surface area contributed by atoms with Gasteiger partial charge >= 0.3 is 0 Å². The number of ether oxygens (including phenoxy) is 1. The molecule has 0 bridgehead atoms. The Bertz CT molecular complexity index is 280. The molecular weight excluding hydrogens is 254 g/mol. The standard InChI is InChI=1S/C15H31N3O2/c1-15(19,13-16)5-2-3-6-17-7-4-14(12-17)18-8-10-20-11-9-18/h14,19H,2-13,16H2,1H3. The van der Waals surface area contributed by atoms with Crippen molar-refractivity contribution in [3.63, 3.8) is 0 Å². The molecule has 5 nitrogen and oxygen atoms in total. The molecule has 2 aliphatic rings. The molecular formula is C15H31N3O2. The van der Waals surface area contributed by atoms with E-state index in [1.54, 1.807) is 0 Å². The van der Waals surface area contributed by atoms with Crippen molar-refractivity contribution in [1.82, 2.24) is 9.80 Å². The zero-order valence-electron chi connectivity index (χ0n) is 12.9. The van der Waals surface area contributed by atoms with E-state index in [0.29, 0.717) is 6.54 Å². The smallest absolute Gasteiger partial charge is 0.0741 e. The molecule has 0 amide bonds. The van der Waals surface area contributed by atoms with Crippen molar-refractivity contribution in [1.29, 1.82) is 0 Å². The Balaban J connectivity index is 1.59. The molecule has 0 aromatic heterocycles. The number of hydrogen-bond donors (Lipinski definition) is 2. The molecule has 20 heavy (non-hydrogen) atoms. The van der Waals surface area contributed by atoms with Crippen LogP contribution in [0.25, 0.3) is 0 Å². The lowest BCUT2D eigenvalue weighted by Gasteiger charge is -2.32. The number of unbranched alkanes of at least 4 members (excludes halogenated alkanes) is 1. The Kier molecular flexibility index (Phi) is 6.23. The monoisotopic (exact) mass is 285 g/mol. The number of likely N-dealkylation sites (tertiary alicyclic amines) is 1. The normalized spacial score (nSPS) is 28.6. The second-order valence-corrected chi connectivity index (χ2v) is 6.55. The van der Waals surface area contributed by atoms with Crippen LogP contribution in [0.3, 0.4) is 0 Å². The first-order chi connectivity index (χ1) is 9.61. The van der Waals surface area contributed by atoms with Crippen LogP contribution < -0.4 is 5.73 Å². The fourth-order valence-corrected chi connectivity index (χ4v) is 3.20. The summed E-state index contributed by atoms with van der Waals surface area (Å²) in [6.45, 7) is 9.74. The predicted octanol–water partition coefficient (Wildman–Crippen LogP) is 0.273. The number of nitrogens with two attached hydrogens (primary N) is 1. The molecule has 2 fully saturated rings. The van der Waals surface area contributed by atoms with Gasteiger partial charge in [0, 0.05) is 32.2 Å². The minimum atomic E-state index is -0.679. The summed E-state index contributed by atoms with van der Waals surface area (Å²) in [5.74, 6) is 0. The molecule has 118 valence electrons. The molecule has 3 N–H and O–H groups in total. The van der Waals surface area contributed by atoms with E-state index < -0.39 is 5.60 Å². The maximum atomic E-state index is 9.87. The van der Waals surface area contributed by atoms with Crippen LogP contribution in [0.2, 0.25) is 0 Å². The average molecular weight is 285 g/mol. The van der Waals surface area contributed by atoms with Gasteiger partial charge in [0.05, 0.1) is 18.8 Å². The maximum Gasteiger partial charge on any atom is 0.0741 e. The van der Waals surface area contributed by atoms with Crippen LogP contribution in [0.15, 0.2) is 0 Å². The lowest BCUT2D eigenvalue weighted by atomic mass is 9.99. The van der Waals surface area contributed by atoms with E-state index in [4.69, 9.17) is 10.5 Å². The van der Waals surface area contributed by atoms with E-state index in [2.05, 4.69) is 9.80 Å². The first kappa shape index (κ1) is 16.2. The molecule has 2 heterocycles. The van der Waals surface area contributed by atoms with Crippen LogP contribution in [-0.4, -0.2) is 79.0 Å². The highest BCUT2D eigenvalue weighted by Crippen LogP contribution is 2.18. The topological polar surface area (TPSA) is 62.0 Å². The van der Waals surface area contributed by atoms with E-state index in [1.807, 2.05) is 6.92 Å². The molecule has 2 aliphatic heterocycles. The van der Waals surface area contributed by atoms with Crippen LogP contribution >= 0.6 is 0 Å². The van der Waals surface area contributed by atoms with Gasteiger partial charge in [-0.05, 0) is 45.7 Å². The van der Waals surface area contributed by atoms with Gasteiger partial charge in [-0.2, -0.15) is 0 Å². The number of nitrogens with zero attached hydrogens (tertiary/aromatic N) is 2. The molecule has 5 heteroatoms. The summed E-state index contributed by atoms with van der Waals surface area (Å²) in [5, 5.41) is 9.87. The Labute approximate surface area is 123 Å². The van der Waals surface area contributed by atoms with E-state index in [0.717, 1.165) is 58.2 Å². The summed E-state index contributed by atoms with van der Waals surface area (Å²) in [6.07, 6.45) is 4.32. The Morgan fingerprint density at radius 1 is 1.25 bits per heavy atom. The van der Waals surface area contributed by atoms with Crippen molar-refractivity contribution in [3.8, 4) is 0 Å². The highest BCUT2D eigenvalue weighted by molar-refractivity contribution is 4.84. The van der Waals surface area contributed by atoms with Gasteiger partial charge in [0.1, 0.15) is 0 Å². The van der Waals surface area contributed by atoms with Crippen LogP contribution in [0.5, 0.6) is 0 Å². The zero-order chi connectivity index (χ0) is 14.4. The van der Waals surface area contributed by atoms with Crippen LogP contribution in [-0.2, 0) is 4.74 Å². The van der Waals surface area contributed by atoms with Gasteiger partial charge in [-0.25, -0.2) is 0 Å². The van der Waals surface area contributed by atoms with E-state index in [-0.39, 0.29) is 0 Å². The first-order valence-corrected chi connectivity index (χ1v) is 8.07. The van der Waals surface area contributed by atoms with Crippen molar-refractivity contribution in [2.45, 2.75) is 44.2 Å². The summed E-state index contributed by atoms with van der Waals surface area (Å²) in [6, 6.07) is 0.728. The molecule has 2 atom stereocenters. The van der Waals surface area contributed by atoms with Crippen molar-refractivity contribution in [2.75, 3.05) is 52.5 Å². The highest BCUT2D eigenvalue weighted by Gasteiger charge is 2.28. The second-order valence-electron chi connectivity index (χ2n) is 6.55. The van der Waals surface area contributed by atoms with Gasteiger partial charge in [0.25, 0.3) is 0 Å². The largest absolute Gasteiger partial charge is 0.389 e. The highest BCUT2D eigenvalue weighted by atomic mass is 16.5. The van der Waals surface area contributed by atoms with E-state index >= 15 is 0 Å². The lowest BCUT2D eigenvalue weighted by molar-refractivity contribution is 0.0184. The molecule has 0 radical (unpaired) electrons. The van der Waals surface area contributed by atoms with E-state index in [9.17, 15) is 5.11 Å². The predicted molar refractivity (Wildman–Crippen MR) is 80.8 cm³/mol. The van der Waals surface area contributed by atoms with Crippen LogP contribution in [0, 0.1) is 0 Å². The minimum Gasteiger partial charge on any atom is -0.389 e. The SMILES string of the molecule is CC(O)(CN)CCCCN1CCC(N2CCOCC2)C1. The van der Waals surface area contributed by atoms with Gasteiger partial charge in [0.15, 0.2) is 0 Å². The molecule has 2 rings (SSSR count). The number of morpholine rings is 1. The quantitative estimate of drug-likeness (QED) is 0.658. The van der Waals surface area contributed by atoms with Crippen molar-refractivity contribution >= 4 is 0 Å². The van der Waals surface area contributed by atoms with Crippen molar-refractivity contribution < 1.29 is 9.84 Å². The van der Waals surface area contributed by atoms with Crippen molar-refractivity contribution in [3.05, 3.63) is 0 Å². The summed E-state index contributed by atoms with van der Waals surface area (Å²) in [7, 11) is 0. The van der Waals surface area contributed by atoms with Gasteiger partial charge in [-0.15, -0.1) is 0 Å². The molecule has 0 aliphatic carbocycles. The third-order valence-electron chi connectivity index (χ3n) is 4.69. The fourth-order valence-electron chi connectivity index (χ4n) is 3.20. The Hall–Kier alpha value is -0.200. The molecule has 2 saturated heterocycles. The van der Waals surface area contributed by atoms with Crippen LogP contribution in [0.4, 0.5) is 0 Å². The summed E-state index contributed by atoms with van der Waals surface area (Å²) >= 11 is 0. The second kappa shape index (κ2) is 7.71. The van der Waals surface area contributed by atoms with Crippen molar-refractivity contribution in [2.24, 2.45) is 5.73 Å². The third-order valence-corrected chi connectivity index (χ3v) is 4.69. The molecule has 0 spiro atoms. The molecule has 0 aromatic rings. The number of aliphatic hydroxyl groups is 1. The molecule has 0 saturated carbocycles. The number of rotatable bonds is 7. The fraction of sp³-hybridized carbons (Fsp3) is 1.00. The number of hydrogen-bond acceptors (Lipinski definition) is 5. The van der Waals surface area contributed by atoms with Gasteiger partial charge in [-0.1, -0.05) is 0 Å². The summed E-state index contributed by atoms with van der Waals surface area (Å²) < 4.78 is 5.42. The maximum absolute atomic E-state index is 9.87. The zero-order valence-corrected chi connectivity index (χ0v) is 12.9. The summed E-state index contributed by atoms with van der Waals surface area (Å²) in [4.78, 5) is 5.15. The molecule has 0 aromatic carbocycles. The van der Waals surface area contributed by atoms with E-state index in [1.165, 1.54) is 19.5 Å². The van der Waals surface area contributed by atoms with Gasteiger partial charge in [-0.3, -0.25) is 4.90 Å². The average Bonchev–Trinajstić information content (AvgIpc) is 2.93. The minimum absolute atomic E-state index is 0.357. The third kappa shape index (κ3) is 4.97. The van der Waals surface area contributed by atoms with Gasteiger partial charge < -0.3 is 20.5 Å². The lowest BCUT2D eigenvalue weighted by Crippen LogP contribution is -2.44. The molecule has 2 unspecified atom stereocenters. The van der Waals surface area contributed by atoms with Crippen LogP contribution in [0.1, 0.15) is 32.6 Å². The Morgan fingerprint density at radius 2 is 2.00 bits per heavy atom.